The van der Waals surface area contributed by atoms with Gasteiger partial charge in [0.05, 0.1) is 5.69 Å². The van der Waals surface area contributed by atoms with Gasteiger partial charge in [-0.15, -0.1) is 0 Å². The molecule has 2 heterocycles. The highest BCUT2D eigenvalue weighted by atomic mass is 16.4. The van der Waals surface area contributed by atoms with E-state index in [0.29, 0.717) is 22.9 Å². The van der Waals surface area contributed by atoms with E-state index < -0.39 is 17.8 Å². The maximum atomic E-state index is 12.8. The van der Waals surface area contributed by atoms with Gasteiger partial charge in [-0.05, 0) is 48.4 Å². The number of hydrogen-bond acceptors (Lipinski definition) is 6. The minimum absolute atomic E-state index is 0.385. The fraction of sp³-hybridized carbons (Fsp3) is 0.0800. The number of aryl methyl sites for hydroxylation is 1. The van der Waals surface area contributed by atoms with Gasteiger partial charge in [0.2, 0.25) is 11.9 Å². The van der Waals surface area contributed by atoms with Gasteiger partial charge in [-0.2, -0.15) is 0 Å². The lowest BCUT2D eigenvalue weighted by molar-refractivity contribution is -0.141. The zero-order chi connectivity index (χ0) is 23.2. The summed E-state index contributed by atoms with van der Waals surface area (Å²) in [7, 11) is 0. The lowest BCUT2D eigenvalue weighted by Gasteiger charge is -2.15. The number of pyridine rings is 1. The number of nitrogens with zero attached hydrogens (tertiary/aromatic N) is 3. The second kappa shape index (κ2) is 9.69. The average Bonchev–Trinajstić information content (AvgIpc) is 2.82. The van der Waals surface area contributed by atoms with Crippen molar-refractivity contribution in [3.05, 3.63) is 96.4 Å². The van der Waals surface area contributed by atoms with Gasteiger partial charge in [0.15, 0.2) is 5.92 Å². The van der Waals surface area contributed by atoms with Gasteiger partial charge in [0.25, 0.3) is 0 Å². The Balaban J connectivity index is 1.55. The number of carbonyl (C=O) groups is 2. The van der Waals surface area contributed by atoms with Gasteiger partial charge in [0, 0.05) is 35.5 Å². The van der Waals surface area contributed by atoms with Crippen molar-refractivity contribution in [2.75, 3.05) is 10.6 Å². The van der Waals surface area contributed by atoms with E-state index >= 15 is 0 Å². The molecule has 4 aromatic rings. The molecule has 1 unspecified atom stereocenters. The number of aliphatic carboxylic acids is 1. The van der Waals surface area contributed by atoms with Crippen LogP contribution in [0, 0.1) is 6.92 Å². The van der Waals surface area contributed by atoms with E-state index in [1.54, 1.807) is 67.1 Å². The maximum Gasteiger partial charge on any atom is 0.320 e. The molecule has 33 heavy (non-hydrogen) atoms. The summed E-state index contributed by atoms with van der Waals surface area (Å²) in [6, 6.07) is 19.2. The van der Waals surface area contributed by atoms with Gasteiger partial charge >= 0.3 is 5.97 Å². The molecular formula is C25H21N5O3. The Hall–Kier alpha value is -4.59. The molecule has 0 radical (unpaired) electrons. The fourth-order valence-electron chi connectivity index (χ4n) is 3.31. The first-order valence-corrected chi connectivity index (χ1v) is 10.2. The second-order valence-corrected chi connectivity index (χ2v) is 7.33. The zero-order valence-corrected chi connectivity index (χ0v) is 17.8. The Morgan fingerprint density at radius 1 is 0.970 bits per heavy atom. The van der Waals surface area contributed by atoms with Crippen molar-refractivity contribution in [2.45, 2.75) is 12.8 Å². The molecule has 0 spiro atoms. The Morgan fingerprint density at radius 3 is 2.52 bits per heavy atom. The molecule has 0 aliphatic rings. The minimum Gasteiger partial charge on any atom is -0.480 e. The molecule has 0 aliphatic carbocycles. The molecular weight excluding hydrogens is 418 g/mol. The molecule has 0 bridgehead atoms. The zero-order valence-electron chi connectivity index (χ0n) is 17.8. The highest BCUT2D eigenvalue weighted by Crippen LogP contribution is 2.25. The number of carboxylic acid groups (broad SMARTS) is 1. The molecule has 3 N–H and O–H groups in total. The van der Waals surface area contributed by atoms with E-state index in [2.05, 4.69) is 25.6 Å². The third kappa shape index (κ3) is 5.19. The molecule has 2 aromatic carbocycles. The fourth-order valence-corrected chi connectivity index (χ4v) is 3.31. The monoisotopic (exact) mass is 439 g/mol. The number of nitrogens with one attached hydrogen (secondary N) is 2. The molecule has 0 aliphatic heterocycles. The van der Waals surface area contributed by atoms with Crippen LogP contribution < -0.4 is 10.6 Å². The summed E-state index contributed by atoms with van der Waals surface area (Å²) >= 11 is 0. The highest BCUT2D eigenvalue weighted by Gasteiger charge is 2.28. The highest BCUT2D eigenvalue weighted by molar-refractivity contribution is 6.09. The summed E-state index contributed by atoms with van der Waals surface area (Å²) in [5.74, 6) is -2.78. The van der Waals surface area contributed by atoms with Gasteiger partial charge in [-0.25, -0.2) is 9.97 Å². The largest absolute Gasteiger partial charge is 0.480 e. The average molecular weight is 439 g/mol. The molecule has 1 amide bonds. The Bertz CT molecular complexity index is 1280. The first-order valence-electron chi connectivity index (χ1n) is 10.2. The molecule has 4 rings (SSSR count). The predicted molar refractivity (Wildman–Crippen MR) is 125 cm³/mol. The SMILES string of the molecule is Cc1ccc(NC(=O)C(C(=O)O)c2ccccc2)cc1Nc1nccc(-c2cccnc2)n1. The van der Waals surface area contributed by atoms with Crippen LogP contribution in [0.15, 0.2) is 85.3 Å². The van der Waals surface area contributed by atoms with Crippen LogP contribution in [0.2, 0.25) is 0 Å². The first kappa shape index (κ1) is 21.6. The van der Waals surface area contributed by atoms with E-state index in [4.69, 9.17) is 0 Å². The molecule has 8 heteroatoms. The van der Waals surface area contributed by atoms with Crippen molar-refractivity contribution in [3.8, 4) is 11.3 Å². The number of carboxylic acids is 1. The Labute approximate surface area is 190 Å². The molecule has 8 nitrogen and oxygen atoms in total. The maximum absolute atomic E-state index is 12.8. The Morgan fingerprint density at radius 2 is 1.79 bits per heavy atom. The molecule has 164 valence electrons. The van der Waals surface area contributed by atoms with Crippen LogP contribution in [-0.4, -0.2) is 31.9 Å². The van der Waals surface area contributed by atoms with Crippen molar-refractivity contribution in [3.63, 3.8) is 0 Å². The summed E-state index contributed by atoms with van der Waals surface area (Å²) in [6.07, 6.45) is 5.06. The first-order chi connectivity index (χ1) is 16.0. The van der Waals surface area contributed by atoms with Gasteiger partial charge < -0.3 is 15.7 Å². The lowest BCUT2D eigenvalue weighted by Crippen LogP contribution is -2.27. The summed E-state index contributed by atoms with van der Waals surface area (Å²) in [5.41, 5.74) is 4.03. The van der Waals surface area contributed by atoms with E-state index in [0.717, 1.165) is 16.8 Å². The van der Waals surface area contributed by atoms with Gasteiger partial charge in [-0.1, -0.05) is 36.4 Å². The van der Waals surface area contributed by atoms with Crippen LogP contribution in [0.25, 0.3) is 11.3 Å². The van der Waals surface area contributed by atoms with Crippen molar-refractivity contribution in [1.29, 1.82) is 0 Å². The third-order valence-corrected chi connectivity index (χ3v) is 5.01. The summed E-state index contributed by atoms with van der Waals surface area (Å²) in [6.45, 7) is 1.91. The molecule has 2 aromatic heterocycles. The smallest absolute Gasteiger partial charge is 0.320 e. The van der Waals surface area contributed by atoms with Gasteiger partial charge in [0.1, 0.15) is 0 Å². The third-order valence-electron chi connectivity index (χ3n) is 5.01. The quantitative estimate of drug-likeness (QED) is 0.365. The Kier molecular flexibility index (Phi) is 6.36. The number of hydrogen-bond donors (Lipinski definition) is 3. The van der Waals surface area contributed by atoms with E-state index in [1.165, 1.54) is 0 Å². The number of carbonyl (C=O) groups excluding carboxylic acids is 1. The predicted octanol–water partition coefficient (Wildman–Crippen LogP) is 4.40. The van der Waals surface area contributed by atoms with Crippen LogP contribution in [0.1, 0.15) is 17.0 Å². The van der Waals surface area contributed by atoms with E-state index in [-0.39, 0.29) is 0 Å². The topological polar surface area (TPSA) is 117 Å². The van der Waals surface area contributed by atoms with Crippen molar-refractivity contribution in [2.24, 2.45) is 0 Å². The van der Waals surface area contributed by atoms with Crippen molar-refractivity contribution < 1.29 is 14.7 Å². The van der Waals surface area contributed by atoms with Crippen LogP contribution in [0.4, 0.5) is 17.3 Å². The van der Waals surface area contributed by atoms with Crippen molar-refractivity contribution >= 4 is 29.2 Å². The van der Waals surface area contributed by atoms with Gasteiger partial charge in [-0.3, -0.25) is 14.6 Å². The lowest BCUT2D eigenvalue weighted by atomic mass is 9.98. The molecule has 0 saturated heterocycles. The number of anilines is 3. The summed E-state index contributed by atoms with van der Waals surface area (Å²) < 4.78 is 0. The van der Waals surface area contributed by atoms with Crippen molar-refractivity contribution in [1.82, 2.24) is 15.0 Å². The van der Waals surface area contributed by atoms with E-state index in [1.807, 2.05) is 25.1 Å². The molecule has 0 fully saturated rings. The van der Waals surface area contributed by atoms with Crippen LogP contribution in [0.3, 0.4) is 0 Å². The van der Waals surface area contributed by atoms with Crippen LogP contribution in [0.5, 0.6) is 0 Å². The molecule has 1 atom stereocenters. The van der Waals surface area contributed by atoms with Crippen LogP contribution in [-0.2, 0) is 9.59 Å². The summed E-state index contributed by atoms with van der Waals surface area (Å²) in [4.78, 5) is 37.4. The standard InChI is InChI=1S/C25H21N5O3/c1-16-9-10-19(28-23(31)22(24(32)33)17-6-3-2-4-7-17)14-21(16)30-25-27-13-11-20(29-25)18-8-5-12-26-15-18/h2-15,22H,1H3,(H,28,31)(H,32,33)(H,27,29,30). The normalized spacial score (nSPS) is 11.4. The van der Waals surface area contributed by atoms with E-state index in [9.17, 15) is 14.7 Å². The number of aromatic nitrogens is 3. The number of rotatable bonds is 7. The summed E-state index contributed by atoms with van der Waals surface area (Å²) in [5, 5.41) is 15.5. The minimum atomic E-state index is -1.32. The number of amides is 1. The second-order valence-electron chi connectivity index (χ2n) is 7.33. The molecule has 0 saturated carbocycles. The van der Waals surface area contributed by atoms with Crippen LogP contribution >= 0.6 is 0 Å². The number of benzene rings is 2.